The van der Waals surface area contributed by atoms with Crippen molar-refractivity contribution >= 4 is 40.6 Å². The van der Waals surface area contributed by atoms with Gasteiger partial charge in [0.05, 0.1) is 35.2 Å². The van der Waals surface area contributed by atoms with Gasteiger partial charge in [0.2, 0.25) is 11.8 Å². The Balaban J connectivity index is 1.31. The molecule has 2 N–H and O–H groups in total. The first-order valence-electron chi connectivity index (χ1n) is 12.4. The number of phenols is 1. The van der Waals surface area contributed by atoms with E-state index in [1.165, 1.54) is 37.1 Å². The quantitative estimate of drug-likeness (QED) is 0.434. The van der Waals surface area contributed by atoms with E-state index in [1.54, 1.807) is 12.1 Å². The number of ether oxygens (including phenoxy) is 1. The van der Waals surface area contributed by atoms with Gasteiger partial charge in [0.15, 0.2) is 11.5 Å². The Hall–Kier alpha value is -3.25. The molecule has 2 saturated carbocycles. The standard InChI is InChI=1S/C27H21F3N2O5S2/c1-37-16-7-10(5-6-15(16)33)17-18-13-9-14(21(18)38-23-22(17)39-26(36)31-23)20-19(13)24(34)32(25(20)35)12-4-2-3-11(8-12)27(28,29)30/h2-8,13-14,17-21,33H,9H2,1H3,(H,31,36)/t13-,14+,17+,18-,19+,20+,21-/m0/s1. The molecule has 3 aromatic rings. The van der Waals surface area contributed by atoms with E-state index in [2.05, 4.69) is 4.98 Å². The van der Waals surface area contributed by atoms with Gasteiger partial charge in [-0.05, 0) is 60.1 Å². The topological polar surface area (TPSA) is 99.7 Å². The number of hydrogen-bond acceptors (Lipinski definition) is 7. The zero-order valence-electron chi connectivity index (χ0n) is 20.3. The highest BCUT2D eigenvalue weighted by molar-refractivity contribution is 8.00. The monoisotopic (exact) mass is 574 g/mol. The molecule has 1 aromatic heterocycles. The first kappa shape index (κ1) is 24.8. The van der Waals surface area contributed by atoms with Gasteiger partial charge in [-0.15, -0.1) is 11.8 Å². The maximum atomic E-state index is 13.8. The van der Waals surface area contributed by atoms with Crippen LogP contribution in [-0.4, -0.2) is 34.3 Å². The van der Waals surface area contributed by atoms with Crippen LogP contribution < -0.4 is 14.5 Å². The van der Waals surface area contributed by atoms with Crippen molar-refractivity contribution in [3.63, 3.8) is 0 Å². The average Bonchev–Trinajstić information content (AvgIpc) is 3.63. The van der Waals surface area contributed by atoms with Crippen LogP contribution in [0.4, 0.5) is 18.9 Å². The first-order chi connectivity index (χ1) is 18.6. The van der Waals surface area contributed by atoms with Crippen molar-refractivity contribution in [3.05, 3.63) is 68.1 Å². The summed E-state index contributed by atoms with van der Waals surface area (Å²) in [5.74, 6) is -2.63. The number of aromatic nitrogens is 1. The minimum Gasteiger partial charge on any atom is -0.504 e. The van der Waals surface area contributed by atoms with Gasteiger partial charge in [0.1, 0.15) is 0 Å². The number of carbonyl (C=O) groups is 2. The number of anilines is 1. The summed E-state index contributed by atoms with van der Waals surface area (Å²) in [6.45, 7) is 0. The van der Waals surface area contributed by atoms with E-state index in [1.807, 2.05) is 0 Å². The number of aromatic hydroxyl groups is 1. The zero-order valence-corrected chi connectivity index (χ0v) is 21.9. The van der Waals surface area contributed by atoms with Gasteiger partial charge in [-0.2, -0.15) is 13.2 Å². The van der Waals surface area contributed by atoms with Gasteiger partial charge in [-0.1, -0.05) is 23.5 Å². The molecule has 2 aromatic carbocycles. The lowest BCUT2D eigenvalue weighted by Crippen LogP contribution is -2.42. The Kier molecular flexibility index (Phi) is 5.32. The number of imide groups is 1. The number of halogens is 3. The number of alkyl halides is 3. The lowest BCUT2D eigenvalue weighted by molar-refractivity contribution is -0.137. The van der Waals surface area contributed by atoms with Gasteiger partial charge in [-0.3, -0.25) is 19.3 Å². The number of thiazole rings is 1. The Bertz CT molecular complexity index is 1600. The third-order valence-corrected chi connectivity index (χ3v) is 11.3. The maximum Gasteiger partial charge on any atom is 0.416 e. The van der Waals surface area contributed by atoms with Gasteiger partial charge in [0.25, 0.3) is 0 Å². The molecule has 1 saturated heterocycles. The second kappa shape index (κ2) is 8.37. The largest absolute Gasteiger partial charge is 0.504 e. The first-order valence-corrected chi connectivity index (χ1v) is 14.1. The number of nitrogens with zero attached hydrogens (tertiary/aromatic N) is 1. The molecule has 39 heavy (non-hydrogen) atoms. The molecule has 7 rings (SSSR count). The summed E-state index contributed by atoms with van der Waals surface area (Å²) in [6, 6.07) is 9.40. The molecule has 7 atom stereocenters. The molecule has 4 aliphatic rings. The predicted molar refractivity (Wildman–Crippen MR) is 137 cm³/mol. The van der Waals surface area contributed by atoms with Crippen LogP contribution in [0.3, 0.4) is 0 Å². The van der Waals surface area contributed by atoms with Gasteiger partial charge < -0.3 is 14.8 Å². The van der Waals surface area contributed by atoms with Gasteiger partial charge in [0, 0.05) is 16.0 Å². The van der Waals surface area contributed by atoms with E-state index >= 15 is 0 Å². The van der Waals surface area contributed by atoms with Crippen LogP contribution >= 0.6 is 23.1 Å². The van der Waals surface area contributed by atoms with Crippen LogP contribution in [-0.2, 0) is 15.8 Å². The van der Waals surface area contributed by atoms with Crippen LogP contribution in [0.2, 0.25) is 0 Å². The summed E-state index contributed by atoms with van der Waals surface area (Å²) in [6.07, 6.45) is -3.95. The van der Waals surface area contributed by atoms with E-state index in [9.17, 15) is 32.7 Å². The summed E-state index contributed by atoms with van der Waals surface area (Å²) in [7, 11) is 1.45. The van der Waals surface area contributed by atoms with Crippen molar-refractivity contribution in [3.8, 4) is 11.5 Å². The van der Waals surface area contributed by atoms with Crippen LogP contribution in [0, 0.1) is 29.6 Å². The summed E-state index contributed by atoms with van der Waals surface area (Å²) >= 11 is 2.63. The smallest absolute Gasteiger partial charge is 0.416 e. The summed E-state index contributed by atoms with van der Waals surface area (Å²) in [5.41, 5.74) is -0.154. The van der Waals surface area contributed by atoms with Crippen molar-refractivity contribution in [2.45, 2.75) is 28.8 Å². The number of fused-ring (bicyclic) bond motifs is 9. The van der Waals surface area contributed by atoms with E-state index < -0.39 is 35.4 Å². The van der Waals surface area contributed by atoms with E-state index in [0.717, 1.165) is 43.8 Å². The third kappa shape index (κ3) is 3.46. The molecule has 2 aliphatic heterocycles. The molecular formula is C27H21F3N2O5S2. The molecule has 0 radical (unpaired) electrons. The average molecular weight is 575 g/mol. The van der Waals surface area contributed by atoms with Crippen molar-refractivity contribution in [2.75, 3.05) is 12.0 Å². The van der Waals surface area contributed by atoms with E-state index in [-0.39, 0.29) is 51.0 Å². The molecule has 0 unspecified atom stereocenters. The highest BCUT2D eigenvalue weighted by Crippen LogP contribution is 2.68. The molecule has 2 aliphatic carbocycles. The fourth-order valence-electron chi connectivity index (χ4n) is 7.35. The number of thioether (sulfide) groups is 1. The number of carbonyl (C=O) groups excluding carboxylic acids is 2. The third-order valence-electron chi connectivity index (χ3n) is 8.72. The lowest BCUT2D eigenvalue weighted by Gasteiger charge is -2.43. The molecule has 0 spiro atoms. The van der Waals surface area contributed by atoms with Crippen molar-refractivity contribution in [2.24, 2.45) is 29.6 Å². The maximum absolute atomic E-state index is 13.8. The summed E-state index contributed by atoms with van der Waals surface area (Å²) in [4.78, 5) is 44.3. The number of amides is 2. The molecule has 7 nitrogen and oxygen atoms in total. The fraction of sp³-hybridized carbons (Fsp3) is 0.370. The fourth-order valence-corrected chi connectivity index (χ4v) is 10.2. The van der Waals surface area contributed by atoms with Crippen molar-refractivity contribution < 1.29 is 32.6 Å². The van der Waals surface area contributed by atoms with Crippen LogP contribution in [0.5, 0.6) is 11.5 Å². The number of phenolic OH excluding ortho intramolecular Hbond substituents is 1. The van der Waals surface area contributed by atoms with Crippen LogP contribution in [0.25, 0.3) is 0 Å². The highest BCUT2D eigenvalue weighted by Gasteiger charge is 2.69. The number of rotatable bonds is 3. The molecule has 202 valence electrons. The van der Waals surface area contributed by atoms with E-state index in [4.69, 9.17) is 4.74 Å². The Morgan fingerprint density at radius 1 is 1.05 bits per heavy atom. The second-order valence-electron chi connectivity index (χ2n) is 10.5. The molecular weight excluding hydrogens is 553 g/mol. The number of benzene rings is 2. The SMILES string of the molecule is COc1cc([C@H]2c3sc(=O)[nH]c3S[C@H]3[C@@H]4C[C@H]([C@H]5C(=O)N(c6cccc(C(F)(F)F)c6)C(=O)[C@H]45)[C@@H]23)ccc1O. The minimum atomic E-state index is -4.60. The highest BCUT2D eigenvalue weighted by atomic mass is 32.2. The number of nitrogens with one attached hydrogen (secondary N) is 1. The van der Waals surface area contributed by atoms with Gasteiger partial charge >= 0.3 is 11.0 Å². The number of H-pyrrole nitrogens is 1. The summed E-state index contributed by atoms with van der Waals surface area (Å²) < 4.78 is 45.5. The second-order valence-corrected chi connectivity index (χ2v) is 12.7. The van der Waals surface area contributed by atoms with Crippen LogP contribution in [0.1, 0.15) is 28.3 Å². The molecule has 2 amide bonds. The van der Waals surface area contributed by atoms with Gasteiger partial charge in [-0.25, -0.2) is 0 Å². The molecule has 12 heteroatoms. The molecule has 3 fully saturated rings. The number of hydrogen-bond donors (Lipinski definition) is 2. The summed E-state index contributed by atoms with van der Waals surface area (Å²) in [5, 5.41) is 10.8. The van der Waals surface area contributed by atoms with Crippen molar-refractivity contribution in [1.29, 1.82) is 0 Å². The number of aromatic amines is 1. The Morgan fingerprint density at radius 2 is 1.79 bits per heavy atom. The minimum absolute atomic E-state index is 0.0215. The Labute approximate surface area is 228 Å². The molecule has 3 heterocycles. The van der Waals surface area contributed by atoms with Crippen molar-refractivity contribution in [1.82, 2.24) is 4.98 Å². The normalized spacial score (nSPS) is 30.9. The predicted octanol–water partition coefficient (Wildman–Crippen LogP) is 4.85. The number of methoxy groups -OCH3 is 1. The van der Waals surface area contributed by atoms with E-state index in [0.29, 0.717) is 6.42 Å². The Morgan fingerprint density at radius 3 is 2.51 bits per heavy atom. The zero-order chi connectivity index (χ0) is 27.4. The van der Waals surface area contributed by atoms with Crippen LogP contribution in [0.15, 0.2) is 52.3 Å². The molecule has 2 bridgehead atoms. The lowest BCUT2D eigenvalue weighted by atomic mass is 9.68.